The van der Waals surface area contributed by atoms with Crippen LogP contribution in [0.3, 0.4) is 0 Å². The smallest absolute Gasteiger partial charge is 0.251 e. The van der Waals surface area contributed by atoms with Gasteiger partial charge in [-0.25, -0.2) is 0 Å². The van der Waals surface area contributed by atoms with Crippen LogP contribution in [0.5, 0.6) is 17.2 Å². The Morgan fingerprint density at radius 2 is 1.60 bits per heavy atom. The van der Waals surface area contributed by atoms with Gasteiger partial charge < -0.3 is 24.1 Å². The molecule has 4 rings (SSSR count). The monoisotopic (exact) mass is 473 g/mol. The Bertz CT molecular complexity index is 1260. The standard InChI is InChI=1S/C27H27N3O5/c1-17-10-12-19(13-11-17)26(31)28-21(14-18-8-6-5-7-9-18)27-29-25(30-35-27)20-15-22(32-2)24(34-4)23(16-20)33-3/h5-13,15-16,21H,14H2,1-4H3,(H,28,31)/t21-/m1/s1. The first-order valence-electron chi connectivity index (χ1n) is 11.1. The minimum absolute atomic E-state index is 0.224. The predicted molar refractivity (Wildman–Crippen MR) is 131 cm³/mol. The van der Waals surface area contributed by atoms with E-state index in [9.17, 15) is 4.79 Å². The van der Waals surface area contributed by atoms with E-state index in [2.05, 4.69) is 15.5 Å². The van der Waals surface area contributed by atoms with E-state index in [0.717, 1.165) is 11.1 Å². The molecular formula is C27H27N3O5. The molecule has 1 amide bonds. The normalized spacial score (nSPS) is 11.5. The van der Waals surface area contributed by atoms with Crippen LogP contribution >= 0.6 is 0 Å². The second-order valence-corrected chi connectivity index (χ2v) is 7.95. The van der Waals surface area contributed by atoms with E-state index in [-0.39, 0.29) is 11.8 Å². The lowest BCUT2D eigenvalue weighted by Gasteiger charge is -2.15. The van der Waals surface area contributed by atoms with Gasteiger partial charge >= 0.3 is 0 Å². The minimum atomic E-state index is -0.533. The SMILES string of the molecule is COc1cc(-c2noc([C@@H](Cc3ccccc3)NC(=O)c3ccc(C)cc3)n2)cc(OC)c1OC. The lowest BCUT2D eigenvalue weighted by molar-refractivity contribution is 0.0928. The molecule has 0 saturated carbocycles. The van der Waals surface area contributed by atoms with Gasteiger partial charge in [-0.15, -0.1) is 0 Å². The number of aryl methyl sites for hydroxylation is 1. The summed E-state index contributed by atoms with van der Waals surface area (Å²) in [6, 6.07) is 20.1. The minimum Gasteiger partial charge on any atom is -0.493 e. The van der Waals surface area contributed by atoms with Crippen molar-refractivity contribution in [2.24, 2.45) is 0 Å². The van der Waals surface area contributed by atoms with Crippen molar-refractivity contribution >= 4 is 5.91 Å². The first-order valence-corrected chi connectivity index (χ1v) is 11.1. The third-order valence-electron chi connectivity index (χ3n) is 5.56. The maximum Gasteiger partial charge on any atom is 0.251 e. The van der Waals surface area contributed by atoms with E-state index in [4.69, 9.17) is 18.7 Å². The molecule has 3 aromatic carbocycles. The van der Waals surface area contributed by atoms with Crippen LogP contribution in [-0.4, -0.2) is 37.4 Å². The molecule has 0 radical (unpaired) electrons. The Labute approximate surface area is 203 Å². The van der Waals surface area contributed by atoms with Gasteiger partial charge in [0.25, 0.3) is 5.91 Å². The summed E-state index contributed by atoms with van der Waals surface area (Å²) in [4.78, 5) is 17.6. The van der Waals surface area contributed by atoms with Crippen molar-refractivity contribution in [2.45, 2.75) is 19.4 Å². The maximum atomic E-state index is 13.0. The van der Waals surface area contributed by atoms with E-state index >= 15 is 0 Å². The van der Waals surface area contributed by atoms with Crippen molar-refractivity contribution in [1.29, 1.82) is 0 Å². The molecule has 1 aromatic heterocycles. The Hall–Kier alpha value is -4.33. The zero-order valence-electron chi connectivity index (χ0n) is 20.1. The fraction of sp³-hybridized carbons (Fsp3) is 0.222. The summed E-state index contributed by atoms with van der Waals surface area (Å²) in [7, 11) is 4.62. The molecule has 1 heterocycles. The summed E-state index contributed by atoms with van der Waals surface area (Å²) >= 11 is 0. The van der Waals surface area contributed by atoms with Gasteiger partial charge in [-0.2, -0.15) is 4.98 Å². The number of ether oxygens (including phenoxy) is 3. The molecule has 8 heteroatoms. The van der Waals surface area contributed by atoms with Crippen molar-refractivity contribution < 1.29 is 23.5 Å². The van der Waals surface area contributed by atoms with Crippen LogP contribution < -0.4 is 19.5 Å². The molecule has 0 aliphatic heterocycles. The number of benzene rings is 3. The molecule has 0 bridgehead atoms. The quantitative estimate of drug-likeness (QED) is 0.374. The van der Waals surface area contributed by atoms with Crippen molar-refractivity contribution in [3.8, 4) is 28.6 Å². The third-order valence-corrected chi connectivity index (χ3v) is 5.56. The second kappa shape index (κ2) is 10.7. The first-order chi connectivity index (χ1) is 17.0. The number of hydrogen-bond acceptors (Lipinski definition) is 7. The highest BCUT2D eigenvalue weighted by atomic mass is 16.5. The molecular weight excluding hydrogens is 446 g/mol. The molecule has 180 valence electrons. The van der Waals surface area contributed by atoms with Gasteiger partial charge in [-0.1, -0.05) is 53.2 Å². The van der Waals surface area contributed by atoms with E-state index in [1.807, 2.05) is 49.4 Å². The molecule has 35 heavy (non-hydrogen) atoms. The number of carbonyl (C=O) groups excluding carboxylic acids is 1. The average Bonchev–Trinajstić information content (AvgIpc) is 3.38. The van der Waals surface area contributed by atoms with Gasteiger partial charge in [0.2, 0.25) is 17.5 Å². The van der Waals surface area contributed by atoms with Crippen molar-refractivity contribution in [3.05, 3.63) is 89.3 Å². The third kappa shape index (κ3) is 5.43. The van der Waals surface area contributed by atoms with Gasteiger partial charge in [0.1, 0.15) is 6.04 Å². The number of methoxy groups -OCH3 is 3. The molecule has 1 atom stereocenters. The number of carbonyl (C=O) groups is 1. The van der Waals surface area contributed by atoms with Crippen LogP contribution in [0.1, 0.15) is 33.4 Å². The van der Waals surface area contributed by atoms with Gasteiger partial charge in [0.15, 0.2) is 11.5 Å². The van der Waals surface area contributed by atoms with Crippen molar-refractivity contribution in [1.82, 2.24) is 15.5 Å². The van der Waals surface area contributed by atoms with E-state index in [1.54, 1.807) is 38.5 Å². The fourth-order valence-corrected chi connectivity index (χ4v) is 3.70. The topological polar surface area (TPSA) is 95.7 Å². The highest BCUT2D eigenvalue weighted by Gasteiger charge is 2.24. The maximum absolute atomic E-state index is 13.0. The number of hydrogen-bond donors (Lipinski definition) is 1. The number of rotatable bonds is 9. The molecule has 0 aliphatic carbocycles. The van der Waals surface area contributed by atoms with Crippen molar-refractivity contribution in [3.63, 3.8) is 0 Å². The second-order valence-electron chi connectivity index (χ2n) is 7.95. The number of amides is 1. The Morgan fingerprint density at radius 1 is 0.943 bits per heavy atom. The average molecular weight is 474 g/mol. The van der Waals surface area contributed by atoms with Crippen LogP contribution in [-0.2, 0) is 6.42 Å². The summed E-state index contributed by atoms with van der Waals surface area (Å²) in [6.07, 6.45) is 0.481. The highest BCUT2D eigenvalue weighted by molar-refractivity contribution is 5.94. The van der Waals surface area contributed by atoms with Crippen LogP contribution in [0.2, 0.25) is 0 Å². The lowest BCUT2D eigenvalue weighted by atomic mass is 10.0. The molecule has 8 nitrogen and oxygen atoms in total. The summed E-state index contributed by atoms with van der Waals surface area (Å²) in [6.45, 7) is 1.98. The first kappa shape index (κ1) is 23.8. The van der Waals surface area contributed by atoms with Gasteiger partial charge in [-0.3, -0.25) is 4.79 Å². The number of nitrogens with zero attached hydrogens (tertiary/aromatic N) is 2. The largest absolute Gasteiger partial charge is 0.493 e. The van der Waals surface area contributed by atoms with Gasteiger partial charge in [0.05, 0.1) is 21.3 Å². The summed E-state index contributed by atoms with van der Waals surface area (Å²) in [5.74, 6) is 1.82. The van der Waals surface area contributed by atoms with Crippen LogP contribution in [0.4, 0.5) is 0 Å². The Balaban J connectivity index is 1.66. The number of nitrogens with one attached hydrogen (secondary N) is 1. The van der Waals surface area contributed by atoms with Crippen LogP contribution in [0.15, 0.2) is 71.3 Å². The highest BCUT2D eigenvalue weighted by Crippen LogP contribution is 2.40. The van der Waals surface area contributed by atoms with Crippen molar-refractivity contribution in [2.75, 3.05) is 21.3 Å². The fourth-order valence-electron chi connectivity index (χ4n) is 3.70. The van der Waals surface area contributed by atoms with Gasteiger partial charge in [-0.05, 0) is 36.8 Å². The van der Waals surface area contributed by atoms with Gasteiger partial charge in [0, 0.05) is 17.5 Å². The summed E-state index contributed by atoms with van der Waals surface area (Å²) < 4.78 is 21.9. The lowest BCUT2D eigenvalue weighted by Crippen LogP contribution is -2.30. The predicted octanol–water partition coefficient (Wildman–Crippen LogP) is 4.78. The van der Waals surface area contributed by atoms with E-state index in [1.165, 1.54) is 7.11 Å². The molecule has 0 spiro atoms. The molecule has 0 fully saturated rings. The molecule has 0 saturated heterocycles. The van der Waals surface area contributed by atoms with Crippen LogP contribution in [0.25, 0.3) is 11.4 Å². The zero-order chi connectivity index (χ0) is 24.8. The van der Waals surface area contributed by atoms with E-state index in [0.29, 0.717) is 40.6 Å². The molecule has 4 aromatic rings. The molecule has 0 unspecified atom stereocenters. The van der Waals surface area contributed by atoms with Crippen LogP contribution in [0, 0.1) is 6.92 Å². The summed E-state index contributed by atoms with van der Waals surface area (Å²) in [5.41, 5.74) is 3.28. The Morgan fingerprint density at radius 3 is 2.20 bits per heavy atom. The molecule has 0 aliphatic rings. The number of aromatic nitrogens is 2. The Kier molecular flexibility index (Phi) is 7.30. The van der Waals surface area contributed by atoms with E-state index < -0.39 is 6.04 Å². The molecule has 1 N–H and O–H groups in total. The zero-order valence-corrected chi connectivity index (χ0v) is 20.1. The summed E-state index contributed by atoms with van der Waals surface area (Å²) in [5, 5.41) is 7.20.